The number of rotatable bonds is 5. The summed E-state index contributed by atoms with van der Waals surface area (Å²) in [6.07, 6.45) is 5.80. The highest BCUT2D eigenvalue weighted by Gasteiger charge is 2.11. The molecule has 0 aliphatic carbocycles. The second-order valence-electron chi connectivity index (χ2n) is 6.01. The van der Waals surface area contributed by atoms with Crippen LogP contribution in [0, 0.1) is 0 Å². The molecule has 0 spiro atoms. The lowest BCUT2D eigenvalue weighted by Crippen LogP contribution is -2.27. The zero-order chi connectivity index (χ0) is 18.8. The van der Waals surface area contributed by atoms with Gasteiger partial charge in [0.25, 0.3) is 5.56 Å². The van der Waals surface area contributed by atoms with Gasteiger partial charge in [0.1, 0.15) is 11.4 Å². The predicted octanol–water partition coefficient (Wildman–Crippen LogP) is 2.84. The van der Waals surface area contributed by atoms with Gasteiger partial charge in [0.2, 0.25) is 5.91 Å². The third-order valence-corrected chi connectivity index (χ3v) is 5.32. The number of anilines is 1. The van der Waals surface area contributed by atoms with Crippen LogP contribution in [0.3, 0.4) is 0 Å². The van der Waals surface area contributed by atoms with Gasteiger partial charge in [0, 0.05) is 23.0 Å². The summed E-state index contributed by atoms with van der Waals surface area (Å²) in [7, 11) is 0. The van der Waals surface area contributed by atoms with E-state index in [0.717, 1.165) is 17.0 Å². The molecular formula is C19H17N5O2S. The molecule has 27 heavy (non-hydrogen) atoms. The number of aryl methyl sites for hydroxylation is 1. The van der Waals surface area contributed by atoms with Crippen molar-refractivity contribution in [3.8, 4) is 5.69 Å². The minimum atomic E-state index is -0.290. The Labute approximate surface area is 158 Å². The first-order valence-corrected chi connectivity index (χ1v) is 9.33. The van der Waals surface area contributed by atoms with Gasteiger partial charge >= 0.3 is 0 Å². The molecule has 1 amide bonds. The van der Waals surface area contributed by atoms with E-state index in [0.29, 0.717) is 15.9 Å². The van der Waals surface area contributed by atoms with Gasteiger partial charge < -0.3 is 5.32 Å². The van der Waals surface area contributed by atoms with E-state index in [2.05, 4.69) is 15.4 Å². The van der Waals surface area contributed by atoms with E-state index in [1.54, 1.807) is 16.9 Å². The average molecular weight is 379 g/mol. The Balaban J connectivity index is 1.53. The van der Waals surface area contributed by atoms with Crippen LogP contribution in [-0.2, 0) is 17.8 Å². The number of fused-ring (bicyclic) bond motifs is 1. The van der Waals surface area contributed by atoms with Crippen LogP contribution in [0.15, 0.2) is 59.9 Å². The second-order valence-corrected chi connectivity index (χ2v) is 7.13. The zero-order valence-electron chi connectivity index (χ0n) is 14.6. The van der Waals surface area contributed by atoms with Crippen LogP contribution in [0.25, 0.3) is 15.9 Å². The molecule has 3 heterocycles. The monoisotopic (exact) mass is 379 g/mol. The van der Waals surface area contributed by atoms with Gasteiger partial charge in [-0.2, -0.15) is 5.10 Å². The van der Waals surface area contributed by atoms with Gasteiger partial charge in [0.15, 0.2) is 0 Å². The molecule has 4 aromatic rings. The van der Waals surface area contributed by atoms with Crippen molar-refractivity contribution in [2.24, 2.45) is 0 Å². The molecule has 0 saturated carbocycles. The van der Waals surface area contributed by atoms with E-state index >= 15 is 0 Å². The quantitative estimate of drug-likeness (QED) is 0.578. The summed E-state index contributed by atoms with van der Waals surface area (Å²) in [5.74, 6) is -0.290. The molecule has 8 heteroatoms. The molecule has 1 N–H and O–H groups in total. The van der Waals surface area contributed by atoms with Gasteiger partial charge in [-0.15, -0.1) is 11.3 Å². The van der Waals surface area contributed by atoms with Crippen molar-refractivity contribution >= 4 is 33.1 Å². The molecule has 7 nitrogen and oxygen atoms in total. The van der Waals surface area contributed by atoms with E-state index in [9.17, 15) is 9.59 Å². The van der Waals surface area contributed by atoms with E-state index in [1.807, 2.05) is 43.5 Å². The predicted molar refractivity (Wildman–Crippen MR) is 105 cm³/mol. The van der Waals surface area contributed by atoms with E-state index in [-0.39, 0.29) is 18.0 Å². The molecule has 0 fully saturated rings. The summed E-state index contributed by atoms with van der Waals surface area (Å²) in [6, 6.07) is 11.0. The molecule has 1 aromatic carbocycles. The van der Waals surface area contributed by atoms with Crippen LogP contribution in [0.2, 0.25) is 0 Å². The summed E-state index contributed by atoms with van der Waals surface area (Å²) < 4.78 is 3.04. The van der Waals surface area contributed by atoms with Gasteiger partial charge in [0.05, 0.1) is 17.4 Å². The van der Waals surface area contributed by atoms with Crippen LogP contribution in [0.5, 0.6) is 0 Å². The molecule has 136 valence electrons. The summed E-state index contributed by atoms with van der Waals surface area (Å²) in [4.78, 5) is 31.1. The first-order valence-electron chi connectivity index (χ1n) is 8.52. The molecule has 3 aromatic heterocycles. The minimum Gasteiger partial charge on any atom is -0.324 e. The van der Waals surface area contributed by atoms with Crippen LogP contribution >= 0.6 is 11.3 Å². The summed E-state index contributed by atoms with van der Waals surface area (Å²) in [5, 5.41) is 7.56. The Bertz CT molecular complexity index is 1160. The second kappa shape index (κ2) is 7.16. The smallest absolute Gasteiger partial charge is 0.262 e. The Morgan fingerprint density at radius 2 is 2.15 bits per heavy atom. The lowest BCUT2D eigenvalue weighted by molar-refractivity contribution is -0.116. The molecule has 4 rings (SSSR count). The molecule has 0 bridgehead atoms. The van der Waals surface area contributed by atoms with Gasteiger partial charge in [-0.05, 0) is 36.8 Å². The van der Waals surface area contributed by atoms with Crippen molar-refractivity contribution in [2.75, 3.05) is 5.32 Å². The molecule has 0 aliphatic rings. The fourth-order valence-corrected chi connectivity index (χ4v) is 3.73. The fourth-order valence-electron chi connectivity index (χ4n) is 2.80. The SMILES string of the molecule is CCc1cc2c(=O)n(CC(=O)Nc3cccc(-n4cccn4)c3)cnc2s1. The van der Waals surface area contributed by atoms with Crippen molar-refractivity contribution in [2.45, 2.75) is 19.9 Å². The molecular weight excluding hydrogens is 362 g/mol. The van der Waals surface area contributed by atoms with E-state index in [1.165, 1.54) is 22.2 Å². The van der Waals surface area contributed by atoms with Crippen LogP contribution in [0.1, 0.15) is 11.8 Å². The lowest BCUT2D eigenvalue weighted by Gasteiger charge is -2.09. The van der Waals surface area contributed by atoms with Gasteiger partial charge in [-0.1, -0.05) is 13.0 Å². The number of nitrogens with zero attached hydrogens (tertiary/aromatic N) is 4. The van der Waals surface area contributed by atoms with Crippen LogP contribution < -0.4 is 10.9 Å². The van der Waals surface area contributed by atoms with Crippen molar-refractivity contribution < 1.29 is 4.79 Å². The number of hydrogen-bond acceptors (Lipinski definition) is 5. The fraction of sp³-hybridized carbons (Fsp3) is 0.158. The summed E-state index contributed by atoms with van der Waals surface area (Å²) in [6.45, 7) is 1.94. The first kappa shape index (κ1) is 17.2. The van der Waals surface area contributed by atoms with Gasteiger partial charge in [-0.25, -0.2) is 9.67 Å². The molecule has 0 radical (unpaired) electrons. The topological polar surface area (TPSA) is 81.8 Å². The number of benzene rings is 1. The van der Waals surface area contributed by atoms with Crippen molar-refractivity contribution in [1.82, 2.24) is 19.3 Å². The zero-order valence-corrected chi connectivity index (χ0v) is 15.4. The maximum Gasteiger partial charge on any atom is 0.262 e. The van der Waals surface area contributed by atoms with Crippen LogP contribution in [0.4, 0.5) is 5.69 Å². The number of carbonyl (C=O) groups is 1. The Hall–Kier alpha value is -3.26. The van der Waals surface area contributed by atoms with E-state index < -0.39 is 0 Å². The number of nitrogens with one attached hydrogen (secondary N) is 1. The number of carbonyl (C=O) groups excluding carboxylic acids is 1. The summed E-state index contributed by atoms with van der Waals surface area (Å²) in [5.41, 5.74) is 1.28. The lowest BCUT2D eigenvalue weighted by atomic mass is 10.2. The Kier molecular flexibility index (Phi) is 4.55. The molecule has 0 aliphatic heterocycles. The highest BCUT2D eigenvalue weighted by atomic mass is 32.1. The number of thiophene rings is 1. The average Bonchev–Trinajstić information content (AvgIpc) is 3.34. The Morgan fingerprint density at radius 3 is 2.93 bits per heavy atom. The van der Waals surface area contributed by atoms with Crippen molar-refractivity contribution in [3.63, 3.8) is 0 Å². The maximum absolute atomic E-state index is 12.6. The van der Waals surface area contributed by atoms with Gasteiger partial charge in [-0.3, -0.25) is 14.2 Å². The standard InChI is InChI=1S/C19H17N5O2S/c1-2-15-10-16-18(27-15)20-12-23(19(16)26)11-17(25)22-13-5-3-6-14(9-13)24-8-4-7-21-24/h3-10,12H,2,11H2,1H3,(H,22,25). The van der Waals surface area contributed by atoms with Crippen molar-refractivity contribution in [1.29, 1.82) is 0 Å². The third kappa shape index (κ3) is 3.52. The maximum atomic E-state index is 12.6. The number of aromatic nitrogens is 4. The number of hydrogen-bond donors (Lipinski definition) is 1. The molecule has 0 unspecified atom stereocenters. The minimum absolute atomic E-state index is 0.0922. The van der Waals surface area contributed by atoms with Crippen LogP contribution in [-0.4, -0.2) is 25.2 Å². The highest BCUT2D eigenvalue weighted by molar-refractivity contribution is 7.18. The Morgan fingerprint density at radius 1 is 1.26 bits per heavy atom. The highest BCUT2D eigenvalue weighted by Crippen LogP contribution is 2.21. The molecule has 0 atom stereocenters. The third-order valence-electron chi connectivity index (χ3n) is 4.13. The summed E-state index contributed by atoms with van der Waals surface area (Å²) >= 11 is 1.51. The molecule has 0 saturated heterocycles. The normalized spacial score (nSPS) is 11.0. The van der Waals surface area contributed by atoms with Crippen molar-refractivity contribution in [3.05, 3.63) is 70.4 Å². The van der Waals surface area contributed by atoms with E-state index in [4.69, 9.17) is 0 Å². The number of amides is 1. The first-order chi connectivity index (χ1) is 13.1. The largest absolute Gasteiger partial charge is 0.324 e.